The lowest BCUT2D eigenvalue weighted by molar-refractivity contribution is 0.306. The van der Waals surface area contributed by atoms with Crippen LogP contribution in [0.15, 0.2) is 18.7 Å². The number of ether oxygens (including phenoxy) is 1. The summed E-state index contributed by atoms with van der Waals surface area (Å²) in [4.78, 5) is 7.70. The molecule has 0 fully saturated rings. The summed E-state index contributed by atoms with van der Waals surface area (Å²) in [6, 6.07) is 0. The van der Waals surface area contributed by atoms with Crippen molar-refractivity contribution in [3.63, 3.8) is 0 Å². The SMILES string of the molecule is CCNCCCOc1cncnc1. The molecule has 0 bridgehead atoms. The molecule has 0 aliphatic carbocycles. The lowest BCUT2D eigenvalue weighted by atomic mass is 10.4. The van der Waals surface area contributed by atoms with Crippen molar-refractivity contribution < 1.29 is 4.74 Å². The van der Waals surface area contributed by atoms with Gasteiger partial charge in [0.1, 0.15) is 6.33 Å². The van der Waals surface area contributed by atoms with Crippen molar-refractivity contribution in [1.29, 1.82) is 0 Å². The highest BCUT2D eigenvalue weighted by atomic mass is 16.5. The fourth-order valence-corrected chi connectivity index (χ4v) is 0.924. The van der Waals surface area contributed by atoms with Crippen molar-refractivity contribution in [2.75, 3.05) is 19.7 Å². The molecule has 4 heteroatoms. The molecule has 0 saturated heterocycles. The van der Waals surface area contributed by atoms with Gasteiger partial charge in [0.05, 0.1) is 19.0 Å². The summed E-state index contributed by atoms with van der Waals surface area (Å²) in [6.45, 7) is 4.80. The second-order valence-corrected chi connectivity index (χ2v) is 2.63. The van der Waals surface area contributed by atoms with Crippen LogP contribution in [0.5, 0.6) is 5.75 Å². The van der Waals surface area contributed by atoms with Gasteiger partial charge >= 0.3 is 0 Å². The zero-order valence-electron chi connectivity index (χ0n) is 7.86. The Labute approximate surface area is 78.4 Å². The zero-order chi connectivity index (χ0) is 9.36. The average Bonchev–Trinajstić information content (AvgIpc) is 2.19. The number of aromatic nitrogens is 2. The topological polar surface area (TPSA) is 47.0 Å². The summed E-state index contributed by atoms with van der Waals surface area (Å²) in [7, 11) is 0. The molecular formula is C9H15N3O. The van der Waals surface area contributed by atoms with Crippen LogP contribution in [-0.4, -0.2) is 29.7 Å². The van der Waals surface area contributed by atoms with Crippen molar-refractivity contribution in [3.8, 4) is 5.75 Å². The Hall–Kier alpha value is -1.16. The van der Waals surface area contributed by atoms with Gasteiger partial charge in [0.25, 0.3) is 0 Å². The molecule has 1 N–H and O–H groups in total. The van der Waals surface area contributed by atoms with E-state index in [2.05, 4.69) is 22.2 Å². The molecule has 13 heavy (non-hydrogen) atoms. The van der Waals surface area contributed by atoms with Crippen molar-refractivity contribution in [3.05, 3.63) is 18.7 Å². The van der Waals surface area contributed by atoms with E-state index in [0.29, 0.717) is 6.61 Å². The van der Waals surface area contributed by atoms with Crippen molar-refractivity contribution in [1.82, 2.24) is 15.3 Å². The van der Waals surface area contributed by atoms with Crippen LogP contribution in [0.4, 0.5) is 0 Å². The molecule has 72 valence electrons. The van der Waals surface area contributed by atoms with E-state index in [1.807, 2.05) is 0 Å². The van der Waals surface area contributed by atoms with Crippen LogP contribution in [0.1, 0.15) is 13.3 Å². The average molecular weight is 181 g/mol. The van der Waals surface area contributed by atoms with Crippen LogP contribution in [-0.2, 0) is 0 Å². The van der Waals surface area contributed by atoms with E-state index in [9.17, 15) is 0 Å². The molecule has 0 aromatic carbocycles. The number of nitrogens with one attached hydrogen (secondary N) is 1. The van der Waals surface area contributed by atoms with E-state index in [1.54, 1.807) is 12.4 Å². The fourth-order valence-electron chi connectivity index (χ4n) is 0.924. The fraction of sp³-hybridized carbons (Fsp3) is 0.556. The first-order valence-electron chi connectivity index (χ1n) is 4.52. The summed E-state index contributed by atoms with van der Waals surface area (Å²) in [5, 5.41) is 3.22. The first-order valence-corrected chi connectivity index (χ1v) is 4.52. The minimum atomic E-state index is 0.709. The normalized spacial score (nSPS) is 9.92. The molecule has 0 radical (unpaired) electrons. The summed E-state index contributed by atoms with van der Waals surface area (Å²) in [6.07, 6.45) is 5.83. The molecule has 0 unspecified atom stereocenters. The predicted octanol–water partition coefficient (Wildman–Crippen LogP) is 0.855. The molecule has 0 spiro atoms. The maximum absolute atomic E-state index is 5.39. The van der Waals surface area contributed by atoms with Gasteiger partial charge in [0.2, 0.25) is 0 Å². The van der Waals surface area contributed by atoms with Gasteiger partial charge in [-0.1, -0.05) is 6.92 Å². The van der Waals surface area contributed by atoms with Gasteiger partial charge in [-0.3, -0.25) is 0 Å². The Kier molecular flexibility index (Phi) is 4.86. The second kappa shape index (κ2) is 6.37. The Morgan fingerprint density at radius 1 is 1.38 bits per heavy atom. The third kappa shape index (κ3) is 4.42. The monoisotopic (exact) mass is 181 g/mol. The molecule has 1 heterocycles. The standard InChI is InChI=1S/C9H15N3O/c1-2-10-4-3-5-13-9-6-11-8-12-7-9/h6-8,10H,2-5H2,1H3. The molecule has 1 rings (SSSR count). The highest BCUT2D eigenvalue weighted by Crippen LogP contribution is 2.03. The first kappa shape index (κ1) is 9.92. The van der Waals surface area contributed by atoms with E-state index in [0.717, 1.165) is 25.3 Å². The lowest BCUT2D eigenvalue weighted by Gasteiger charge is -2.04. The van der Waals surface area contributed by atoms with Crippen LogP contribution < -0.4 is 10.1 Å². The quantitative estimate of drug-likeness (QED) is 0.661. The molecular weight excluding hydrogens is 166 g/mol. The maximum atomic E-state index is 5.39. The van der Waals surface area contributed by atoms with Gasteiger partial charge in [-0.25, -0.2) is 9.97 Å². The number of hydrogen-bond donors (Lipinski definition) is 1. The minimum Gasteiger partial charge on any atom is -0.490 e. The number of nitrogens with zero attached hydrogens (tertiary/aromatic N) is 2. The lowest BCUT2D eigenvalue weighted by Crippen LogP contribution is -2.16. The maximum Gasteiger partial charge on any atom is 0.155 e. The van der Waals surface area contributed by atoms with Gasteiger partial charge in [0.15, 0.2) is 5.75 Å². The van der Waals surface area contributed by atoms with Crippen LogP contribution in [0.25, 0.3) is 0 Å². The Balaban J connectivity index is 2.07. The smallest absolute Gasteiger partial charge is 0.155 e. The van der Waals surface area contributed by atoms with Crippen LogP contribution in [0.3, 0.4) is 0 Å². The molecule has 1 aromatic heterocycles. The Bertz CT molecular complexity index is 215. The van der Waals surface area contributed by atoms with E-state index < -0.39 is 0 Å². The Morgan fingerprint density at radius 3 is 2.85 bits per heavy atom. The third-order valence-electron chi connectivity index (χ3n) is 1.55. The summed E-state index contributed by atoms with van der Waals surface area (Å²) in [5.41, 5.74) is 0. The molecule has 4 nitrogen and oxygen atoms in total. The predicted molar refractivity (Wildman–Crippen MR) is 50.7 cm³/mol. The van der Waals surface area contributed by atoms with Crippen molar-refractivity contribution in [2.24, 2.45) is 0 Å². The van der Waals surface area contributed by atoms with Gasteiger partial charge in [0, 0.05) is 0 Å². The molecule has 0 aliphatic rings. The van der Waals surface area contributed by atoms with Gasteiger partial charge in [-0.2, -0.15) is 0 Å². The molecule has 0 saturated carbocycles. The Morgan fingerprint density at radius 2 is 2.15 bits per heavy atom. The number of hydrogen-bond acceptors (Lipinski definition) is 4. The third-order valence-corrected chi connectivity index (χ3v) is 1.55. The molecule has 1 aromatic rings. The van der Waals surface area contributed by atoms with Gasteiger partial charge in [-0.15, -0.1) is 0 Å². The molecule has 0 amide bonds. The van der Waals surface area contributed by atoms with Gasteiger partial charge in [-0.05, 0) is 19.5 Å². The first-order chi connectivity index (χ1) is 6.43. The molecule has 0 aliphatic heterocycles. The molecule has 0 atom stereocenters. The van der Waals surface area contributed by atoms with Crippen LogP contribution in [0, 0.1) is 0 Å². The number of rotatable bonds is 6. The van der Waals surface area contributed by atoms with Gasteiger partial charge < -0.3 is 10.1 Å². The second-order valence-electron chi connectivity index (χ2n) is 2.63. The van der Waals surface area contributed by atoms with Crippen LogP contribution in [0.2, 0.25) is 0 Å². The van der Waals surface area contributed by atoms with E-state index in [-0.39, 0.29) is 0 Å². The highest BCUT2D eigenvalue weighted by molar-refractivity contribution is 5.09. The van der Waals surface area contributed by atoms with E-state index in [4.69, 9.17) is 4.74 Å². The summed E-state index contributed by atoms with van der Waals surface area (Å²) >= 11 is 0. The summed E-state index contributed by atoms with van der Waals surface area (Å²) in [5.74, 6) is 0.735. The highest BCUT2D eigenvalue weighted by Gasteiger charge is 1.91. The van der Waals surface area contributed by atoms with Crippen LogP contribution >= 0.6 is 0 Å². The largest absolute Gasteiger partial charge is 0.490 e. The van der Waals surface area contributed by atoms with Crippen molar-refractivity contribution >= 4 is 0 Å². The zero-order valence-corrected chi connectivity index (χ0v) is 7.86. The van der Waals surface area contributed by atoms with Crippen molar-refractivity contribution in [2.45, 2.75) is 13.3 Å². The van der Waals surface area contributed by atoms with E-state index in [1.165, 1.54) is 6.33 Å². The van der Waals surface area contributed by atoms with E-state index >= 15 is 0 Å². The summed E-state index contributed by atoms with van der Waals surface area (Å²) < 4.78 is 5.39. The minimum absolute atomic E-state index is 0.709.